The zero-order chi connectivity index (χ0) is 14.2. The summed E-state index contributed by atoms with van der Waals surface area (Å²) in [4.78, 5) is 12.5. The summed E-state index contributed by atoms with van der Waals surface area (Å²) >= 11 is 1.80. The number of hydrogen-bond acceptors (Lipinski definition) is 5. The molecule has 0 atom stereocenters. The molecule has 0 aliphatic rings. The van der Waals surface area contributed by atoms with Crippen molar-refractivity contribution in [1.29, 1.82) is 0 Å². The largest absolute Gasteiger partial charge is 0.467 e. The molecule has 20 heavy (non-hydrogen) atoms. The van der Waals surface area contributed by atoms with E-state index >= 15 is 0 Å². The van der Waals surface area contributed by atoms with Crippen LogP contribution in [-0.4, -0.2) is 25.4 Å². The van der Waals surface area contributed by atoms with Crippen molar-refractivity contribution < 1.29 is 13.9 Å². The first-order chi connectivity index (χ1) is 9.79. The van der Waals surface area contributed by atoms with Crippen LogP contribution in [0.1, 0.15) is 16.1 Å². The Labute approximate surface area is 122 Å². The molecule has 0 aliphatic carbocycles. The Kier molecular flexibility index (Phi) is 5.70. The first-order valence-electron chi connectivity index (χ1n) is 6.34. The van der Waals surface area contributed by atoms with Crippen molar-refractivity contribution in [2.45, 2.75) is 11.4 Å². The molecule has 1 aromatic carbocycles. The lowest BCUT2D eigenvalue weighted by molar-refractivity contribution is 0.0600. The van der Waals surface area contributed by atoms with E-state index in [1.807, 2.05) is 18.2 Å². The second kappa shape index (κ2) is 7.77. The van der Waals surface area contributed by atoms with Gasteiger partial charge in [-0.2, -0.15) is 0 Å². The van der Waals surface area contributed by atoms with Gasteiger partial charge in [0.15, 0.2) is 0 Å². The summed E-state index contributed by atoms with van der Waals surface area (Å²) in [5.41, 5.74) is 0.447. The molecule has 0 fully saturated rings. The summed E-state index contributed by atoms with van der Waals surface area (Å²) < 4.78 is 9.90. The van der Waals surface area contributed by atoms with Gasteiger partial charge in [-0.1, -0.05) is 18.2 Å². The second-order valence-electron chi connectivity index (χ2n) is 4.13. The maximum absolute atomic E-state index is 11.3. The molecule has 0 saturated heterocycles. The fourth-order valence-electron chi connectivity index (χ4n) is 1.67. The van der Waals surface area contributed by atoms with Crippen LogP contribution in [-0.2, 0) is 11.3 Å². The number of ether oxygens (including phenoxy) is 1. The van der Waals surface area contributed by atoms with Crippen molar-refractivity contribution in [3.05, 3.63) is 54.0 Å². The Morgan fingerprint density at radius 2 is 2.15 bits per heavy atom. The highest BCUT2D eigenvalue weighted by Crippen LogP contribution is 2.16. The second-order valence-corrected chi connectivity index (χ2v) is 5.30. The number of furan rings is 1. The lowest BCUT2D eigenvalue weighted by Crippen LogP contribution is -2.16. The van der Waals surface area contributed by atoms with Crippen LogP contribution >= 0.6 is 11.8 Å². The molecule has 0 saturated carbocycles. The monoisotopic (exact) mass is 291 g/mol. The van der Waals surface area contributed by atoms with E-state index in [0.717, 1.165) is 18.1 Å². The molecular weight excluding hydrogens is 274 g/mol. The van der Waals surface area contributed by atoms with E-state index < -0.39 is 0 Å². The van der Waals surface area contributed by atoms with Crippen LogP contribution in [0.5, 0.6) is 0 Å². The molecule has 0 spiro atoms. The standard InChI is InChI=1S/C15H17NO3S/c1-18-15(17)12-9-13(19-11-12)10-16-7-8-20-14-5-3-2-4-6-14/h2-6,9,11,16H,7-8,10H2,1H3. The van der Waals surface area contributed by atoms with E-state index in [0.29, 0.717) is 12.1 Å². The third kappa shape index (κ3) is 4.43. The molecule has 4 nitrogen and oxygen atoms in total. The summed E-state index contributed by atoms with van der Waals surface area (Å²) in [7, 11) is 1.36. The highest BCUT2D eigenvalue weighted by atomic mass is 32.2. The molecule has 0 bridgehead atoms. The van der Waals surface area contributed by atoms with Crippen molar-refractivity contribution in [2.75, 3.05) is 19.4 Å². The van der Waals surface area contributed by atoms with Crippen molar-refractivity contribution in [2.24, 2.45) is 0 Å². The number of carbonyl (C=O) groups excluding carboxylic acids is 1. The smallest absolute Gasteiger partial charge is 0.341 e. The van der Waals surface area contributed by atoms with Crippen LogP contribution in [0.4, 0.5) is 0 Å². The molecule has 0 amide bonds. The van der Waals surface area contributed by atoms with Gasteiger partial charge >= 0.3 is 5.97 Å². The molecule has 2 aromatic rings. The molecule has 5 heteroatoms. The van der Waals surface area contributed by atoms with Crippen molar-refractivity contribution >= 4 is 17.7 Å². The maximum Gasteiger partial charge on any atom is 0.341 e. The average molecular weight is 291 g/mol. The molecule has 0 radical (unpaired) electrons. The van der Waals surface area contributed by atoms with Crippen LogP contribution in [0.2, 0.25) is 0 Å². The average Bonchev–Trinajstić information content (AvgIpc) is 2.96. The Morgan fingerprint density at radius 1 is 1.35 bits per heavy atom. The zero-order valence-electron chi connectivity index (χ0n) is 11.3. The van der Waals surface area contributed by atoms with Gasteiger partial charge in [-0.25, -0.2) is 4.79 Å². The topological polar surface area (TPSA) is 51.5 Å². The molecule has 1 aromatic heterocycles. The zero-order valence-corrected chi connectivity index (χ0v) is 12.1. The number of esters is 1. The lowest BCUT2D eigenvalue weighted by Gasteiger charge is -2.02. The first kappa shape index (κ1) is 14.7. The van der Waals surface area contributed by atoms with E-state index in [1.165, 1.54) is 18.3 Å². The van der Waals surface area contributed by atoms with Crippen LogP contribution in [0.25, 0.3) is 0 Å². The third-order valence-corrected chi connectivity index (χ3v) is 3.68. The molecular formula is C15H17NO3S. The van der Waals surface area contributed by atoms with Crippen molar-refractivity contribution in [3.8, 4) is 0 Å². The summed E-state index contributed by atoms with van der Waals surface area (Å²) in [6.07, 6.45) is 1.42. The van der Waals surface area contributed by atoms with Gasteiger partial charge in [0.05, 0.1) is 19.2 Å². The van der Waals surface area contributed by atoms with E-state index in [1.54, 1.807) is 17.8 Å². The number of hydrogen-bond donors (Lipinski definition) is 1. The van der Waals surface area contributed by atoms with Crippen molar-refractivity contribution in [3.63, 3.8) is 0 Å². The van der Waals surface area contributed by atoms with Crippen molar-refractivity contribution in [1.82, 2.24) is 5.32 Å². The minimum Gasteiger partial charge on any atom is -0.467 e. The summed E-state index contributed by atoms with van der Waals surface area (Å²) in [5, 5.41) is 3.28. The summed E-state index contributed by atoms with van der Waals surface area (Å²) in [5.74, 6) is 1.34. The van der Waals surface area contributed by atoms with Gasteiger partial charge in [-0.05, 0) is 18.2 Å². The van der Waals surface area contributed by atoms with E-state index in [-0.39, 0.29) is 5.97 Å². The fourth-order valence-corrected chi connectivity index (χ4v) is 2.50. The Bertz CT molecular complexity index is 539. The SMILES string of the molecule is COC(=O)c1coc(CNCCSc2ccccc2)c1. The molecule has 0 unspecified atom stereocenters. The highest BCUT2D eigenvalue weighted by molar-refractivity contribution is 7.99. The molecule has 106 valence electrons. The van der Waals surface area contributed by atoms with Crippen LogP contribution < -0.4 is 5.32 Å². The predicted octanol–water partition coefficient (Wildman–Crippen LogP) is 2.95. The summed E-state index contributed by atoms with van der Waals surface area (Å²) in [6.45, 7) is 1.47. The highest BCUT2D eigenvalue weighted by Gasteiger charge is 2.09. The Hall–Kier alpha value is -1.72. The number of carbonyl (C=O) groups is 1. The number of rotatable bonds is 7. The number of nitrogens with one attached hydrogen (secondary N) is 1. The maximum atomic E-state index is 11.3. The molecule has 2 rings (SSSR count). The normalized spacial score (nSPS) is 10.4. The number of benzene rings is 1. The van der Waals surface area contributed by atoms with Gasteiger partial charge in [-0.15, -0.1) is 11.8 Å². The summed E-state index contributed by atoms with van der Waals surface area (Å²) in [6, 6.07) is 12.0. The number of methoxy groups -OCH3 is 1. The fraction of sp³-hybridized carbons (Fsp3) is 0.267. The lowest BCUT2D eigenvalue weighted by atomic mass is 10.3. The van der Waals surface area contributed by atoms with E-state index in [9.17, 15) is 4.79 Å². The Balaban J connectivity index is 1.66. The van der Waals surface area contributed by atoms with E-state index in [2.05, 4.69) is 22.2 Å². The van der Waals surface area contributed by atoms with Gasteiger partial charge in [0.1, 0.15) is 12.0 Å². The third-order valence-electron chi connectivity index (χ3n) is 2.66. The van der Waals surface area contributed by atoms with Gasteiger partial charge in [0.25, 0.3) is 0 Å². The van der Waals surface area contributed by atoms with Gasteiger partial charge in [0.2, 0.25) is 0 Å². The molecule has 0 aliphatic heterocycles. The van der Waals surface area contributed by atoms with Gasteiger partial charge in [-0.3, -0.25) is 0 Å². The Morgan fingerprint density at radius 3 is 2.90 bits per heavy atom. The van der Waals surface area contributed by atoms with Crippen LogP contribution in [0.15, 0.2) is 52.0 Å². The van der Waals surface area contributed by atoms with Crippen LogP contribution in [0, 0.1) is 0 Å². The first-order valence-corrected chi connectivity index (χ1v) is 7.32. The van der Waals surface area contributed by atoms with E-state index in [4.69, 9.17) is 4.42 Å². The number of thioether (sulfide) groups is 1. The predicted molar refractivity (Wildman–Crippen MR) is 78.9 cm³/mol. The van der Waals surface area contributed by atoms with Gasteiger partial charge in [0, 0.05) is 17.2 Å². The minimum absolute atomic E-state index is 0.375. The minimum atomic E-state index is -0.375. The van der Waals surface area contributed by atoms with Gasteiger partial charge < -0.3 is 14.5 Å². The molecule has 1 heterocycles. The van der Waals surface area contributed by atoms with Crippen LogP contribution in [0.3, 0.4) is 0 Å². The quantitative estimate of drug-likeness (QED) is 0.483. The molecule has 1 N–H and O–H groups in total.